The third kappa shape index (κ3) is 2.86. The van der Waals surface area contributed by atoms with E-state index in [1.165, 1.54) is 0 Å². The second kappa shape index (κ2) is 5.18. The zero-order chi connectivity index (χ0) is 10.6. The summed E-state index contributed by atoms with van der Waals surface area (Å²) in [6.07, 6.45) is 7.03. The highest BCUT2D eigenvalue weighted by Gasteiger charge is 2.27. The van der Waals surface area contributed by atoms with Crippen LogP contribution < -0.4 is 0 Å². The molecule has 0 saturated heterocycles. The molecule has 0 N–H and O–H groups in total. The van der Waals surface area contributed by atoms with Crippen molar-refractivity contribution in [2.24, 2.45) is 11.8 Å². The van der Waals surface area contributed by atoms with Gasteiger partial charge >= 0.3 is 5.97 Å². The van der Waals surface area contributed by atoms with Gasteiger partial charge in [0.15, 0.2) is 0 Å². The van der Waals surface area contributed by atoms with E-state index in [0.717, 1.165) is 19.3 Å². The smallest absolute Gasteiger partial charge is 0.309 e. The van der Waals surface area contributed by atoms with Crippen molar-refractivity contribution in [3.05, 3.63) is 12.2 Å². The molecule has 14 heavy (non-hydrogen) atoms. The summed E-state index contributed by atoms with van der Waals surface area (Å²) in [5.41, 5.74) is 0. The largest absolute Gasteiger partial charge is 0.462 e. The average molecular weight is 196 g/mol. The van der Waals surface area contributed by atoms with Crippen LogP contribution in [0.15, 0.2) is 12.2 Å². The van der Waals surface area contributed by atoms with Crippen molar-refractivity contribution in [3.8, 4) is 0 Å². The van der Waals surface area contributed by atoms with Crippen LogP contribution in [0.5, 0.6) is 0 Å². The predicted molar refractivity (Wildman–Crippen MR) is 56.9 cm³/mol. The minimum absolute atomic E-state index is 0.0174. The number of hydrogen-bond donors (Lipinski definition) is 0. The van der Waals surface area contributed by atoms with Crippen LogP contribution in [-0.4, -0.2) is 12.1 Å². The molecular weight excluding hydrogens is 176 g/mol. The van der Waals surface area contributed by atoms with Crippen molar-refractivity contribution < 1.29 is 9.53 Å². The van der Waals surface area contributed by atoms with Gasteiger partial charge in [-0.3, -0.25) is 4.79 Å². The fraction of sp³-hybridized carbons (Fsp3) is 0.750. The predicted octanol–water partition coefficient (Wildman–Crippen LogP) is 2.93. The first-order chi connectivity index (χ1) is 6.65. The van der Waals surface area contributed by atoms with Crippen molar-refractivity contribution >= 4 is 5.97 Å². The maximum atomic E-state index is 11.7. The van der Waals surface area contributed by atoms with Crippen LogP contribution >= 0.6 is 0 Å². The maximum absolute atomic E-state index is 11.7. The Balaban J connectivity index is 2.47. The monoisotopic (exact) mass is 196 g/mol. The minimum Gasteiger partial charge on any atom is -0.462 e. The second-order valence-corrected chi connectivity index (χ2v) is 4.18. The fourth-order valence-electron chi connectivity index (χ4n) is 1.65. The molecule has 0 aliphatic heterocycles. The highest BCUT2D eigenvalue weighted by atomic mass is 16.5. The molecule has 0 fully saturated rings. The van der Waals surface area contributed by atoms with Gasteiger partial charge < -0.3 is 4.74 Å². The maximum Gasteiger partial charge on any atom is 0.309 e. The summed E-state index contributed by atoms with van der Waals surface area (Å²) in [7, 11) is 0. The molecule has 0 heterocycles. The Morgan fingerprint density at radius 3 is 2.71 bits per heavy atom. The van der Waals surface area contributed by atoms with Crippen LogP contribution in [0, 0.1) is 11.8 Å². The van der Waals surface area contributed by atoms with E-state index >= 15 is 0 Å². The Morgan fingerprint density at radius 1 is 1.50 bits per heavy atom. The Kier molecular flexibility index (Phi) is 4.18. The van der Waals surface area contributed by atoms with Crippen LogP contribution in [0.2, 0.25) is 0 Å². The minimum atomic E-state index is -0.0174. The van der Waals surface area contributed by atoms with Gasteiger partial charge in [0.2, 0.25) is 0 Å². The van der Waals surface area contributed by atoms with Gasteiger partial charge in [-0.1, -0.05) is 26.0 Å². The van der Waals surface area contributed by atoms with Gasteiger partial charge in [-0.05, 0) is 32.1 Å². The molecule has 1 aliphatic carbocycles. The summed E-state index contributed by atoms with van der Waals surface area (Å²) in [6, 6.07) is 0. The summed E-state index contributed by atoms with van der Waals surface area (Å²) in [4.78, 5) is 11.7. The van der Waals surface area contributed by atoms with Gasteiger partial charge in [-0.2, -0.15) is 0 Å². The van der Waals surface area contributed by atoms with Crippen molar-refractivity contribution in [2.75, 3.05) is 0 Å². The summed E-state index contributed by atoms with van der Waals surface area (Å²) < 4.78 is 5.34. The van der Waals surface area contributed by atoms with Gasteiger partial charge in [0.25, 0.3) is 0 Å². The van der Waals surface area contributed by atoms with E-state index < -0.39 is 0 Å². The molecule has 0 radical (unpaired) electrons. The molecule has 2 nitrogen and oxygen atoms in total. The molecule has 2 heteroatoms. The zero-order valence-corrected chi connectivity index (χ0v) is 9.32. The SMILES string of the molecule is CCC(C)OC(=O)[C@H]1CC=CC[C@@H]1C. The molecule has 0 spiro atoms. The van der Waals surface area contributed by atoms with E-state index in [0.29, 0.717) is 5.92 Å². The van der Waals surface area contributed by atoms with E-state index in [4.69, 9.17) is 4.74 Å². The molecule has 1 aliphatic rings. The first-order valence-corrected chi connectivity index (χ1v) is 5.50. The Hall–Kier alpha value is -0.790. The van der Waals surface area contributed by atoms with Gasteiger partial charge in [-0.15, -0.1) is 0 Å². The first-order valence-electron chi connectivity index (χ1n) is 5.50. The highest BCUT2D eigenvalue weighted by molar-refractivity contribution is 5.73. The zero-order valence-electron chi connectivity index (χ0n) is 9.32. The van der Waals surface area contributed by atoms with Crippen LogP contribution in [-0.2, 0) is 9.53 Å². The lowest BCUT2D eigenvalue weighted by atomic mass is 9.84. The van der Waals surface area contributed by atoms with Crippen LogP contribution in [0.25, 0.3) is 0 Å². The van der Waals surface area contributed by atoms with Gasteiger partial charge in [-0.25, -0.2) is 0 Å². The first kappa shape index (κ1) is 11.3. The molecule has 1 unspecified atom stereocenters. The number of allylic oxidation sites excluding steroid dienone is 2. The molecule has 0 aromatic rings. The van der Waals surface area contributed by atoms with Crippen molar-refractivity contribution in [2.45, 2.75) is 46.1 Å². The summed E-state index contributed by atoms with van der Waals surface area (Å²) >= 11 is 0. The molecule has 0 amide bonds. The Bertz CT molecular complexity index is 220. The molecular formula is C12H20O2. The average Bonchev–Trinajstić information content (AvgIpc) is 2.18. The van der Waals surface area contributed by atoms with Crippen LogP contribution in [0.3, 0.4) is 0 Å². The summed E-state index contributed by atoms with van der Waals surface area (Å²) in [5.74, 6) is 0.488. The normalized spacial score (nSPS) is 28.5. The lowest BCUT2D eigenvalue weighted by Crippen LogP contribution is -2.28. The lowest BCUT2D eigenvalue weighted by molar-refractivity contribution is -0.155. The van der Waals surface area contributed by atoms with E-state index in [9.17, 15) is 4.79 Å². The van der Waals surface area contributed by atoms with Gasteiger partial charge in [0.05, 0.1) is 12.0 Å². The number of hydrogen-bond acceptors (Lipinski definition) is 2. The molecule has 1 rings (SSSR count). The van der Waals surface area contributed by atoms with E-state index in [1.54, 1.807) is 0 Å². The van der Waals surface area contributed by atoms with Crippen LogP contribution in [0.1, 0.15) is 40.0 Å². The number of ether oxygens (including phenoxy) is 1. The van der Waals surface area contributed by atoms with Crippen molar-refractivity contribution in [3.63, 3.8) is 0 Å². The molecule has 0 aromatic carbocycles. The number of carbonyl (C=O) groups is 1. The summed E-state index contributed by atoms with van der Waals surface area (Å²) in [6.45, 7) is 6.09. The van der Waals surface area contributed by atoms with Crippen molar-refractivity contribution in [1.82, 2.24) is 0 Å². The number of esters is 1. The third-order valence-corrected chi connectivity index (χ3v) is 2.95. The molecule has 0 saturated carbocycles. The highest BCUT2D eigenvalue weighted by Crippen LogP contribution is 2.26. The molecule has 3 atom stereocenters. The third-order valence-electron chi connectivity index (χ3n) is 2.95. The van der Waals surface area contributed by atoms with E-state index in [2.05, 4.69) is 19.1 Å². The van der Waals surface area contributed by atoms with Crippen LogP contribution in [0.4, 0.5) is 0 Å². The van der Waals surface area contributed by atoms with Crippen molar-refractivity contribution in [1.29, 1.82) is 0 Å². The molecule has 0 bridgehead atoms. The Morgan fingerprint density at radius 2 is 2.14 bits per heavy atom. The van der Waals surface area contributed by atoms with Gasteiger partial charge in [0, 0.05) is 0 Å². The van der Waals surface area contributed by atoms with E-state index in [1.807, 2.05) is 13.8 Å². The lowest BCUT2D eigenvalue weighted by Gasteiger charge is -2.24. The number of carbonyl (C=O) groups excluding carboxylic acids is 1. The van der Waals surface area contributed by atoms with E-state index in [-0.39, 0.29) is 18.0 Å². The Labute approximate surface area is 86.3 Å². The second-order valence-electron chi connectivity index (χ2n) is 4.18. The fourth-order valence-corrected chi connectivity index (χ4v) is 1.65. The quantitative estimate of drug-likeness (QED) is 0.512. The number of rotatable bonds is 3. The summed E-state index contributed by atoms with van der Waals surface area (Å²) in [5, 5.41) is 0. The standard InChI is InChI=1S/C12H20O2/c1-4-10(3)14-12(13)11-8-6-5-7-9(11)2/h5-6,9-11H,4,7-8H2,1-3H3/t9-,10?,11-/m0/s1. The molecule has 80 valence electrons. The topological polar surface area (TPSA) is 26.3 Å². The molecule has 0 aromatic heterocycles. The van der Waals surface area contributed by atoms with Gasteiger partial charge in [0.1, 0.15) is 0 Å².